The van der Waals surface area contributed by atoms with Crippen molar-refractivity contribution in [1.82, 2.24) is 19.5 Å². The van der Waals surface area contributed by atoms with Gasteiger partial charge in [-0.05, 0) is 30.2 Å². The zero-order chi connectivity index (χ0) is 15.3. The molecular weight excluding hydrogens is 274 g/mol. The van der Waals surface area contributed by atoms with Gasteiger partial charge in [0.1, 0.15) is 11.2 Å². The minimum Gasteiger partial charge on any atom is -0.371 e. The van der Waals surface area contributed by atoms with Crippen LogP contribution in [0.15, 0.2) is 36.7 Å². The van der Waals surface area contributed by atoms with Gasteiger partial charge in [0.15, 0.2) is 5.82 Å². The molecule has 3 aromatic heterocycles. The van der Waals surface area contributed by atoms with Crippen molar-refractivity contribution < 1.29 is 0 Å². The molecule has 4 aromatic rings. The van der Waals surface area contributed by atoms with Gasteiger partial charge in [-0.25, -0.2) is 9.97 Å². The first-order valence-electron chi connectivity index (χ1n) is 7.11. The van der Waals surface area contributed by atoms with Gasteiger partial charge in [0.25, 0.3) is 0 Å². The third kappa shape index (κ3) is 1.79. The first-order chi connectivity index (χ1) is 10.7. The van der Waals surface area contributed by atoms with Crippen LogP contribution in [-0.4, -0.2) is 26.6 Å². The number of nitrogens with one attached hydrogen (secondary N) is 2. The second kappa shape index (κ2) is 4.59. The molecule has 0 atom stereocenters. The molecule has 0 saturated carbocycles. The van der Waals surface area contributed by atoms with E-state index in [9.17, 15) is 0 Å². The van der Waals surface area contributed by atoms with Crippen LogP contribution in [0.2, 0.25) is 0 Å². The number of rotatable bonds is 2. The summed E-state index contributed by atoms with van der Waals surface area (Å²) in [4.78, 5) is 12.5. The fraction of sp³-hybridized carbons (Fsp3) is 0.118. The molecule has 22 heavy (non-hydrogen) atoms. The van der Waals surface area contributed by atoms with E-state index in [0.717, 1.165) is 44.7 Å². The molecule has 2 N–H and O–H groups in total. The van der Waals surface area contributed by atoms with Crippen molar-refractivity contribution in [3.05, 3.63) is 49.1 Å². The molecule has 0 spiro atoms. The lowest BCUT2D eigenvalue weighted by molar-refractivity contribution is 0.951. The van der Waals surface area contributed by atoms with Crippen molar-refractivity contribution in [3.63, 3.8) is 0 Å². The lowest BCUT2D eigenvalue weighted by atomic mass is 10.1. The summed E-state index contributed by atoms with van der Waals surface area (Å²) in [5.41, 5.74) is 5.93. The Balaban J connectivity index is 2.05. The topological polar surface area (TPSA) is 58.5 Å². The smallest absolute Gasteiger partial charge is 0.156 e. The summed E-state index contributed by atoms with van der Waals surface area (Å²) in [5.74, 6) is 0.780. The number of imidazole rings is 1. The Morgan fingerprint density at radius 3 is 2.91 bits per heavy atom. The zero-order valence-corrected chi connectivity index (χ0v) is 12.5. The Kier molecular flexibility index (Phi) is 2.69. The average Bonchev–Trinajstić information content (AvgIpc) is 3.10. The number of H-pyrrole nitrogens is 1. The molecule has 0 fully saturated rings. The number of aromatic nitrogens is 4. The second-order valence-corrected chi connectivity index (χ2v) is 5.41. The van der Waals surface area contributed by atoms with Crippen molar-refractivity contribution in [2.24, 2.45) is 7.05 Å². The number of aryl methyl sites for hydroxylation is 1. The molecule has 1 radical (unpaired) electrons. The van der Waals surface area contributed by atoms with Crippen LogP contribution >= 0.6 is 0 Å². The van der Waals surface area contributed by atoms with Crippen LogP contribution in [0.4, 0.5) is 5.82 Å². The van der Waals surface area contributed by atoms with E-state index >= 15 is 0 Å². The Morgan fingerprint density at radius 1 is 1.27 bits per heavy atom. The average molecular weight is 290 g/mol. The van der Waals surface area contributed by atoms with E-state index in [-0.39, 0.29) is 0 Å². The lowest BCUT2D eigenvalue weighted by Crippen LogP contribution is -1.95. The Bertz CT molecular complexity index is 993. The van der Waals surface area contributed by atoms with Gasteiger partial charge >= 0.3 is 0 Å². The third-order valence-corrected chi connectivity index (χ3v) is 3.91. The number of pyridine rings is 1. The van der Waals surface area contributed by atoms with Crippen LogP contribution in [-0.2, 0) is 7.05 Å². The molecule has 0 amide bonds. The van der Waals surface area contributed by atoms with Crippen LogP contribution in [0.3, 0.4) is 0 Å². The van der Waals surface area contributed by atoms with Gasteiger partial charge in [-0.15, -0.1) is 0 Å². The molecule has 0 aliphatic carbocycles. The van der Waals surface area contributed by atoms with E-state index in [4.69, 9.17) is 0 Å². The minimum atomic E-state index is 0.780. The number of fused-ring (bicyclic) bond motifs is 3. The highest BCUT2D eigenvalue weighted by Crippen LogP contribution is 2.31. The van der Waals surface area contributed by atoms with Crippen molar-refractivity contribution in [3.8, 4) is 11.3 Å². The van der Waals surface area contributed by atoms with E-state index in [0.29, 0.717) is 0 Å². The highest BCUT2D eigenvalue weighted by molar-refractivity contribution is 6.07. The molecule has 109 valence electrons. The maximum Gasteiger partial charge on any atom is 0.156 e. The monoisotopic (exact) mass is 290 g/mol. The molecule has 5 heteroatoms. The first kappa shape index (κ1) is 12.9. The molecule has 0 aliphatic rings. The van der Waals surface area contributed by atoms with Crippen LogP contribution in [0.1, 0.15) is 5.56 Å². The van der Waals surface area contributed by atoms with Crippen molar-refractivity contribution in [2.75, 3.05) is 12.4 Å². The summed E-state index contributed by atoms with van der Waals surface area (Å²) in [6.07, 6.45) is 1.82. The summed E-state index contributed by atoms with van der Waals surface area (Å²) in [6, 6.07) is 10.3. The molecule has 4 rings (SSSR count). The fourth-order valence-electron chi connectivity index (χ4n) is 2.87. The fourth-order valence-corrected chi connectivity index (χ4v) is 2.87. The molecule has 0 aliphatic heterocycles. The largest absolute Gasteiger partial charge is 0.371 e. The number of anilines is 1. The summed E-state index contributed by atoms with van der Waals surface area (Å²) in [6.45, 7) is 3.99. The molecule has 3 heterocycles. The molecule has 5 nitrogen and oxygen atoms in total. The van der Waals surface area contributed by atoms with Crippen molar-refractivity contribution >= 4 is 27.9 Å². The van der Waals surface area contributed by atoms with E-state index in [1.807, 2.05) is 37.1 Å². The highest BCUT2D eigenvalue weighted by atomic mass is 15.1. The van der Waals surface area contributed by atoms with E-state index in [2.05, 4.69) is 45.4 Å². The number of hydrogen-bond acceptors (Lipinski definition) is 3. The SMILES string of the molecule is [CH2]c1cccc(-c2cc3c(nc(NC)c4ncn(C)c43)[nH]2)c1. The predicted molar refractivity (Wildman–Crippen MR) is 89.8 cm³/mol. The first-order valence-corrected chi connectivity index (χ1v) is 7.11. The molecular formula is C17H16N5. The number of hydrogen-bond donors (Lipinski definition) is 2. The van der Waals surface area contributed by atoms with E-state index in [1.54, 1.807) is 0 Å². The quantitative estimate of drug-likeness (QED) is 0.595. The van der Waals surface area contributed by atoms with Crippen molar-refractivity contribution in [2.45, 2.75) is 0 Å². The molecule has 0 unspecified atom stereocenters. The van der Waals surface area contributed by atoms with Crippen LogP contribution in [0.25, 0.3) is 33.3 Å². The lowest BCUT2D eigenvalue weighted by Gasteiger charge is -2.02. The zero-order valence-electron chi connectivity index (χ0n) is 12.5. The Hall–Kier alpha value is -2.82. The van der Waals surface area contributed by atoms with Gasteiger partial charge in [-0.3, -0.25) is 0 Å². The van der Waals surface area contributed by atoms with Crippen LogP contribution in [0, 0.1) is 6.92 Å². The number of benzene rings is 1. The Morgan fingerprint density at radius 2 is 2.14 bits per heavy atom. The number of nitrogens with zero attached hydrogens (tertiary/aromatic N) is 3. The van der Waals surface area contributed by atoms with Gasteiger partial charge < -0.3 is 14.9 Å². The normalized spacial score (nSPS) is 11.4. The van der Waals surface area contributed by atoms with Gasteiger partial charge in [0, 0.05) is 25.2 Å². The standard InChI is InChI=1S/C17H16N5/c1-10-5-4-6-11(7-10)13-8-12-15-14(19-9-22(15)3)17(18-2)21-16(12)20-13/h4-9H,1H2,2-3H3,(H2,18,20,21). The van der Waals surface area contributed by atoms with Gasteiger partial charge in [0.2, 0.25) is 0 Å². The second-order valence-electron chi connectivity index (χ2n) is 5.41. The summed E-state index contributed by atoms with van der Waals surface area (Å²) in [7, 11) is 3.86. The maximum absolute atomic E-state index is 4.65. The van der Waals surface area contributed by atoms with Crippen LogP contribution < -0.4 is 5.32 Å². The van der Waals surface area contributed by atoms with E-state index in [1.165, 1.54) is 0 Å². The summed E-state index contributed by atoms with van der Waals surface area (Å²) in [5, 5.41) is 4.18. The third-order valence-electron chi connectivity index (χ3n) is 3.91. The van der Waals surface area contributed by atoms with Gasteiger partial charge in [-0.2, -0.15) is 0 Å². The predicted octanol–water partition coefficient (Wildman–Crippen LogP) is 3.34. The Labute approximate surface area is 128 Å². The molecule has 1 aromatic carbocycles. The maximum atomic E-state index is 4.65. The summed E-state index contributed by atoms with van der Waals surface area (Å²) >= 11 is 0. The van der Waals surface area contributed by atoms with Gasteiger partial charge in [0.05, 0.1) is 11.8 Å². The number of aromatic amines is 1. The summed E-state index contributed by atoms with van der Waals surface area (Å²) < 4.78 is 2.02. The van der Waals surface area contributed by atoms with Crippen LogP contribution in [0.5, 0.6) is 0 Å². The molecule has 0 saturated heterocycles. The van der Waals surface area contributed by atoms with Gasteiger partial charge in [-0.1, -0.05) is 18.2 Å². The molecule has 0 bridgehead atoms. The van der Waals surface area contributed by atoms with E-state index < -0.39 is 0 Å². The van der Waals surface area contributed by atoms with Crippen molar-refractivity contribution in [1.29, 1.82) is 0 Å². The minimum absolute atomic E-state index is 0.780. The highest BCUT2D eigenvalue weighted by Gasteiger charge is 2.14.